The van der Waals surface area contributed by atoms with E-state index in [1.807, 2.05) is 20.8 Å². The molecule has 1 aromatic rings. The molecule has 0 radical (unpaired) electrons. The van der Waals surface area contributed by atoms with Crippen molar-refractivity contribution in [1.29, 1.82) is 0 Å². The van der Waals surface area contributed by atoms with Gasteiger partial charge in [0, 0.05) is 24.3 Å². The van der Waals surface area contributed by atoms with Crippen molar-refractivity contribution < 1.29 is 14.3 Å². The lowest BCUT2D eigenvalue weighted by atomic mass is 10.2. The molecule has 4 N–H and O–H groups in total. The van der Waals surface area contributed by atoms with Crippen molar-refractivity contribution >= 4 is 17.7 Å². The summed E-state index contributed by atoms with van der Waals surface area (Å²) in [6, 6.07) is 6.93. The molecule has 0 aromatic heterocycles. The molecule has 0 aliphatic carbocycles. The second-order valence-corrected chi connectivity index (χ2v) is 5.65. The summed E-state index contributed by atoms with van der Waals surface area (Å²) in [5.41, 5.74) is 6.06. The van der Waals surface area contributed by atoms with Crippen LogP contribution < -0.4 is 16.4 Å². The highest BCUT2D eigenvalue weighted by Crippen LogP contribution is 2.09. The molecule has 0 saturated carbocycles. The molecule has 0 unspecified atom stereocenters. The second-order valence-electron chi connectivity index (χ2n) is 5.65. The lowest BCUT2D eigenvalue weighted by Crippen LogP contribution is -2.33. The Morgan fingerprint density at radius 2 is 1.76 bits per heavy atom. The highest BCUT2D eigenvalue weighted by atomic mass is 16.6. The van der Waals surface area contributed by atoms with Crippen LogP contribution in [0, 0.1) is 0 Å². The highest BCUT2D eigenvalue weighted by molar-refractivity contribution is 5.93. The molecule has 116 valence electrons. The fraction of sp³-hybridized carbons (Fsp3) is 0.467. The molecule has 0 aliphatic rings. The summed E-state index contributed by atoms with van der Waals surface area (Å²) < 4.78 is 5.12. The Bertz CT molecular complexity index is 478. The molecule has 6 heteroatoms. The van der Waals surface area contributed by atoms with Crippen molar-refractivity contribution in [2.75, 3.05) is 18.4 Å². The quantitative estimate of drug-likeness (QED) is 0.700. The zero-order chi connectivity index (χ0) is 15.9. The third kappa shape index (κ3) is 7.20. The van der Waals surface area contributed by atoms with E-state index in [0.717, 1.165) is 12.1 Å². The van der Waals surface area contributed by atoms with E-state index in [1.165, 1.54) is 0 Å². The van der Waals surface area contributed by atoms with E-state index in [-0.39, 0.29) is 0 Å². The minimum absolute atomic E-state index is 0.409. The van der Waals surface area contributed by atoms with Crippen LogP contribution in [0.2, 0.25) is 0 Å². The maximum absolute atomic E-state index is 11.4. The molecule has 21 heavy (non-hydrogen) atoms. The molecule has 0 fully saturated rings. The minimum Gasteiger partial charge on any atom is -0.444 e. The molecular formula is C15H23N3O3. The summed E-state index contributed by atoms with van der Waals surface area (Å²) in [5.74, 6) is -0.442. The third-order valence-corrected chi connectivity index (χ3v) is 2.52. The Morgan fingerprint density at radius 3 is 2.29 bits per heavy atom. The number of alkyl carbamates (subject to hydrolysis) is 1. The van der Waals surface area contributed by atoms with Crippen LogP contribution in [0.15, 0.2) is 24.3 Å². The van der Waals surface area contributed by atoms with Gasteiger partial charge in [-0.25, -0.2) is 4.79 Å². The molecule has 1 rings (SSSR count). The Hall–Kier alpha value is -2.24. The maximum atomic E-state index is 11.4. The van der Waals surface area contributed by atoms with Crippen LogP contribution in [0.1, 0.15) is 37.6 Å². The first-order chi connectivity index (χ1) is 9.78. The van der Waals surface area contributed by atoms with Gasteiger partial charge in [0.05, 0.1) is 0 Å². The summed E-state index contributed by atoms with van der Waals surface area (Å²) in [6.07, 6.45) is 0.352. The van der Waals surface area contributed by atoms with Gasteiger partial charge in [0.15, 0.2) is 0 Å². The average Bonchev–Trinajstić information content (AvgIpc) is 2.36. The van der Waals surface area contributed by atoms with E-state index in [2.05, 4.69) is 10.6 Å². The fourth-order valence-electron chi connectivity index (χ4n) is 1.58. The van der Waals surface area contributed by atoms with Crippen LogP contribution in [0.3, 0.4) is 0 Å². The van der Waals surface area contributed by atoms with Crippen LogP contribution in [0.5, 0.6) is 0 Å². The number of hydrogen-bond acceptors (Lipinski definition) is 4. The topological polar surface area (TPSA) is 93.4 Å². The van der Waals surface area contributed by atoms with Gasteiger partial charge in [-0.05, 0) is 51.5 Å². The number of anilines is 1. The zero-order valence-corrected chi connectivity index (χ0v) is 12.7. The SMILES string of the molecule is CC(C)(C)OC(=O)NCCCNc1ccc(C(N)=O)cc1. The monoisotopic (exact) mass is 293 g/mol. The molecule has 0 atom stereocenters. The number of nitrogens with one attached hydrogen (secondary N) is 2. The van der Waals surface area contributed by atoms with Gasteiger partial charge in [0.2, 0.25) is 5.91 Å². The lowest BCUT2D eigenvalue weighted by Gasteiger charge is -2.19. The molecule has 0 bridgehead atoms. The second kappa shape index (κ2) is 7.52. The number of carbonyl (C=O) groups is 2. The number of carbonyl (C=O) groups excluding carboxylic acids is 2. The number of ether oxygens (including phenoxy) is 1. The largest absolute Gasteiger partial charge is 0.444 e. The fourth-order valence-corrected chi connectivity index (χ4v) is 1.58. The Morgan fingerprint density at radius 1 is 1.14 bits per heavy atom. The Kier molecular flexibility index (Phi) is 6.02. The van der Waals surface area contributed by atoms with Crippen molar-refractivity contribution in [3.8, 4) is 0 Å². The summed E-state index contributed by atoms with van der Waals surface area (Å²) in [4.78, 5) is 22.3. The van der Waals surface area contributed by atoms with Crippen LogP contribution in [-0.2, 0) is 4.74 Å². The molecule has 0 saturated heterocycles. The predicted molar refractivity (Wildman–Crippen MR) is 82.3 cm³/mol. The summed E-state index contributed by atoms with van der Waals surface area (Å²) in [7, 11) is 0. The predicted octanol–water partition coefficient (Wildman–Crippen LogP) is 2.11. The van der Waals surface area contributed by atoms with E-state index in [0.29, 0.717) is 18.7 Å². The lowest BCUT2D eigenvalue weighted by molar-refractivity contribution is 0.0527. The normalized spacial score (nSPS) is 10.8. The van der Waals surface area contributed by atoms with E-state index < -0.39 is 17.6 Å². The van der Waals surface area contributed by atoms with Gasteiger partial charge in [0.25, 0.3) is 0 Å². The first kappa shape index (κ1) is 16.8. The molecule has 1 aromatic carbocycles. The maximum Gasteiger partial charge on any atom is 0.407 e. The van der Waals surface area contributed by atoms with Gasteiger partial charge in [-0.3, -0.25) is 4.79 Å². The van der Waals surface area contributed by atoms with Crippen molar-refractivity contribution in [1.82, 2.24) is 5.32 Å². The summed E-state index contributed by atoms with van der Waals surface area (Å²) in [5, 5.41) is 5.88. The number of primary amides is 1. The van der Waals surface area contributed by atoms with Crippen LogP contribution in [0.4, 0.5) is 10.5 Å². The number of benzene rings is 1. The average molecular weight is 293 g/mol. The summed E-state index contributed by atoms with van der Waals surface area (Å²) in [6.45, 7) is 6.70. The number of nitrogens with two attached hydrogens (primary N) is 1. The molecule has 6 nitrogen and oxygen atoms in total. The highest BCUT2D eigenvalue weighted by Gasteiger charge is 2.15. The van der Waals surface area contributed by atoms with E-state index in [1.54, 1.807) is 24.3 Å². The van der Waals surface area contributed by atoms with Crippen molar-refractivity contribution in [2.24, 2.45) is 5.73 Å². The van der Waals surface area contributed by atoms with Crippen molar-refractivity contribution in [3.05, 3.63) is 29.8 Å². The van der Waals surface area contributed by atoms with Gasteiger partial charge in [-0.1, -0.05) is 0 Å². The van der Waals surface area contributed by atoms with Gasteiger partial charge >= 0.3 is 6.09 Å². The van der Waals surface area contributed by atoms with Crippen LogP contribution in [-0.4, -0.2) is 30.7 Å². The van der Waals surface area contributed by atoms with E-state index >= 15 is 0 Å². The van der Waals surface area contributed by atoms with Gasteiger partial charge in [-0.2, -0.15) is 0 Å². The smallest absolute Gasteiger partial charge is 0.407 e. The molecule has 0 aliphatic heterocycles. The van der Waals surface area contributed by atoms with Crippen LogP contribution >= 0.6 is 0 Å². The number of amides is 2. The van der Waals surface area contributed by atoms with Crippen molar-refractivity contribution in [2.45, 2.75) is 32.8 Å². The zero-order valence-electron chi connectivity index (χ0n) is 12.7. The van der Waals surface area contributed by atoms with Gasteiger partial charge in [-0.15, -0.1) is 0 Å². The first-order valence-electron chi connectivity index (χ1n) is 6.88. The minimum atomic E-state index is -0.482. The van der Waals surface area contributed by atoms with E-state index in [4.69, 9.17) is 10.5 Å². The third-order valence-electron chi connectivity index (χ3n) is 2.52. The van der Waals surface area contributed by atoms with Gasteiger partial charge in [0.1, 0.15) is 5.60 Å². The number of rotatable bonds is 6. The Labute approximate surface area is 125 Å². The van der Waals surface area contributed by atoms with Crippen molar-refractivity contribution in [3.63, 3.8) is 0 Å². The van der Waals surface area contributed by atoms with E-state index in [9.17, 15) is 9.59 Å². The number of hydrogen-bond donors (Lipinski definition) is 3. The first-order valence-corrected chi connectivity index (χ1v) is 6.88. The molecule has 0 heterocycles. The Balaban J connectivity index is 2.19. The molecular weight excluding hydrogens is 270 g/mol. The molecule has 2 amide bonds. The summed E-state index contributed by atoms with van der Waals surface area (Å²) >= 11 is 0. The van der Waals surface area contributed by atoms with Gasteiger partial charge < -0.3 is 21.1 Å². The standard InChI is InChI=1S/C15H23N3O3/c1-15(2,3)21-14(20)18-10-4-9-17-12-7-5-11(6-8-12)13(16)19/h5-8,17H,4,9-10H2,1-3H3,(H2,16,19)(H,18,20). The molecule has 0 spiro atoms. The van der Waals surface area contributed by atoms with Crippen LogP contribution in [0.25, 0.3) is 0 Å².